The van der Waals surface area contributed by atoms with Crippen molar-refractivity contribution in [2.24, 2.45) is 0 Å². The van der Waals surface area contributed by atoms with Gasteiger partial charge in [0.05, 0.1) is 18.5 Å². The molecule has 1 aliphatic rings. The summed E-state index contributed by atoms with van der Waals surface area (Å²) >= 11 is 0. The summed E-state index contributed by atoms with van der Waals surface area (Å²) in [6.07, 6.45) is 3.72. The van der Waals surface area contributed by atoms with Crippen molar-refractivity contribution < 1.29 is 18.8 Å². The van der Waals surface area contributed by atoms with Crippen LogP contribution in [0.15, 0.2) is 16.7 Å². The number of H-pyrrole nitrogens is 1. The van der Waals surface area contributed by atoms with Gasteiger partial charge in [-0.1, -0.05) is 6.92 Å². The lowest BCUT2D eigenvalue weighted by atomic mass is 10.0. The van der Waals surface area contributed by atoms with E-state index in [9.17, 15) is 14.4 Å². The van der Waals surface area contributed by atoms with E-state index < -0.39 is 0 Å². The monoisotopic (exact) mass is 399 g/mol. The van der Waals surface area contributed by atoms with Crippen LogP contribution in [0.25, 0.3) is 0 Å². The van der Waals surface area contributed by atoms with Gasteiger partial charge in [0.1, 0.15) is 0 Å². The summed E-state index contributed by atoms with van der Waals surface area (Å²) in [5, 5.41) is 3.02. The number of amides is 1. The Labute approximate surface area is 170 Å². The molecule has 1 aliphatic heterocycles. The third-order valence-electron chi connectivity index (χ3n) is 5.63. The van der Waals surface area contributed by atoms with E-state index in [-0.39, 0.29) is 23.5 Å². The van der Waals surface area contributed by atoms with Gasteiger partial charge in [0.25, 0.3) is 5.91 Å². The first-order chi connectivity index (χ1) is 13.8. The second-order valence-electron chi connectivity index (χ2n) is 7.77. The molecule has 29 heavy (non-hydrogen) atoms. The molecule has 7 nitrogen and oxygen atoms in total. The summed E-state index contributed by atoms with van der Waals surface area (Å²) < 4.78 is 5.25. The van der Waals surface area contributed by atoms with Gasteiger partial charge in [-0.05, 0) is 51.7 Å². The first-order valence-electron chi connectivity index (χ1n) is 10.1. The highest BCUT2D eigenvalue weighted by Gasteiger charge is 2.26. The van der Waals surface area contributed by atoms with E-state index in [4.69, 9.17) is 4.42 Å². The Balaban J connectivity index is 1.56. The van der Waals surface area contributed by atoms with E-state index in [1.807, 2.05) is 20.8 Å². The Morgan fingerprint density at radius 3 is 2.48 bits per heavy atom. The molecule has 3 rings (SSSR count). The van der Waals surface area contributed by atoms with Crippen LogP contribution >= 0.6 is 0 Å². The number of furan rings is 1. The number of aromatic nitrogens is 1. The van der Waals surface area contributed by atoms with Crippen LogP contribution in [-0.4, -0.2) is 53.0 Å². The minimum Gasteiger partial charge on any atom is -0.459 e. The highest BCUT2D eigenvalue weighted by Crippen LogP contribution is 2.22. The normalized spacial score (nSPS) is 15.4. The molecular formula is C22H29N3O4. The fourth-order valence-electron chi connectivity index (χ4n) is 4.12. The number of nitrogens with one attached hydrogen (secondary N) is 2. The number of piperidine rings is 1. The summed E-state index contributed by atoms with van der Waals surface area (Å²) in [6, 6.07) is 1.84. The van der Waals surface area contributed by atoms with Crippen LogP contribution < -0.4 is 5.32 Å². The minimum absolute atomic E-state index is 0.00569. The molecule has 0 aromatic carbocycles. The first-order valence-corrected chi connectivity index (χ1v) is 10.1. The second kappa shape index (κ2) is 8.78. The maximum absolute atomic E-state index is 12.9. The fourth-order valence-corrected chi connectivity index (χ4v) is 4.12. The molecule has 0 saturated carbocycles. The first kappa shape index (κ1) is 21.0. The van der Waals surface area contributed by atoms with Gasteiger partial charge in [-0.2, -0.15) is 0 Å². The fraction of sp³-hybridized carbons (Fsp3) is 0.500. The number of carbonyl (C=O) groups excluding carboxylic acids is 3. The van der Waals surface area contributed by atoms with Crippen LogP contribution in [0.3, 0.4) is 0 Å². The van der Waals surface area contributed by atoms with Crippen molar-refractivity contribution in [3.63, 3.8) is 0 Å². The number of rotatable bonds is 7. The van der Waals surface area contributed by atoms with Crippen LogP contribution in [0.4, 0.5) is 0 Å². The Kier molecular flexibility index (Phi) is 6.37. The predicted molar refractivity (Wildman–Crippen MR) is 110 cm³/mol. The third-order valence-corrected chi connectivity index (χ3v) is 5.63. The lowest BCUT2D eigenvalue weighted by molar-refractivity contribution is 0.0841. The van der Waals surface area contributed by atoms with E-state index in [1.165, 1.54) is 13.2 Å². The lowest BCUT2D eigenvalue weighted by Crippen LogP contribution is -2.46. The van der Waals surface area contributed by atoms with Gasteiger partial charge in [0, 0.05) is 36.0 Å². The van der Waals surface area contributed by atoms with E-state index >= 15 is 0 Å². The molecule has 0 bridgehead atoms. The van der Waals surface area contributed by atoms with Crippen LogP contribution in [0.5, 0.6) is 0 Å². The number of nitrogens with zero attached hydrogens (tertiary/aromatic N) is 1. The highest BCUT2D eigenvalue weighted by molar-refractivity contribution is 6.04. The van der Waals surface area contributed by atoms with E-state index in [0.29, 0.717) is 30.0 Å². The molecule has 1 fully saturated rings. The molecule has 0 radical (unpaired) electrons. The Morgan fingerprint density at radius 1 is 1.24 bits per heavy atom. The number of aryl methyl sites for hydroxylation is 2. The van der Waals surface area contributed by atoms with Gasteiger partial charge < -0.3 is 14.7 Å². The number of carbonyl (C=O) groups is 3. The van der Waals surface area contributed by atoms with Crippen molar-refractivity contribution in [1.82, 2.24) is 15.2 Å². The van der Waals surface area contributed by atoms with Crippen LogP contribution in [0.2, 0.25) is 0 Å². The standard InChI is InChI=1S/C22H29N3O4/c1-5-17-19(15(4)26)14(3)23-20(17)18(27)12-25-9-6-16(7-10-25)24-22(28)21-13(2)8-11-29-21/h8,11,16,23H,5-7,9-10,12H2,1-4H3,(H,24,28). The molecule has 1 amide bonds. The molecule has 7 heteroatoms. The summed E-state index contributed by atoms with van der Waals surface area (Å²) in [7, 11) is 0. The van der Waals surface area contributed by atoms with Crippen molar-refractivity contribution in [3.8, 4) is 0 Å². The van der Waals surface area contributed by atoms with Crippen molar-refractivity contribution in [2.75, 3.05) is 19.6 Å². The summed E-state index contributed by atoms with van der Waals surface area (Å²) in [5.41, 5.74) is 3.59. The average Bonchev–Trinajstić information content (AvgIpc) is 3.26. The van der Waals surface area contributed by atoms with Gasteiger partial charge in [0.15, 0.2) is 17.3 Å². The molecule has 0 aliphatic carbocycles. The molecule has 0 unspecified atom stereocenters. The Morgan fingerprint density at radius 2 is 1.93 bits per heavy atom. The number of hydrogen-bond acceptors (Lipinski definition) is 5. The Hall–Kier alpha value is -2.67. The smallest absolute Gasteiger partial charge is 0.287 e. The average molecular weight is 399 g/mol. The molecule has 2 N–H and O–H groups in total. The van der Waals surface area contributed by atoms with E-state index in [0.717, 1.165) is 42.8 Å². The molecule has 1 saturated heterocycles. The molecule has 0 spiro atoms. The van der Waals surface area contributed by atoms with Crippen LogP contribution in [-0.2, 0) is 6.42 Å². The number of hydrogen-bond donors (Lipinski definition) is 2. The summed E-state index contributed by atoms with van der Waals surface area (Å²) in [5.74, 6) is 0.162. The zero-order valence-electron chi connectivity index (χ0n) is 17.6. The van der Waals surface area contributed by atoms with Crippen molar-refractivity contribution in [1.29, 1.82) is 0 Å². The maximum atomic E-state index is 12.9. The highest BCUT2D eigenvalue weighted by atomic mass is 16.3. The predicted octanol–water partition coefficient (Wildman–Crippen LogP) is 3.07. The molecule has 3 heterocycles. The van der Waals surface area contributed by atoms with Gasteiger partial charge >= 0.3 is 0 Å². The molecule has 2 aromatic heterocycles. The van der Waals surface area contributed by atoms with E-state index in [1.54, 1.807) is 6.07 Å². The number of likely N-dealkylation sites (tertiary alicyclic amines) is 1. The number of Topliss-reactive ketones (excluding diaryl/α,β-unsaturated/α-hetero) is 2. The number of aromatic amines is 1. The molecule has 156 valence electrons. The maximum Gasteiger partial charge on any atom is 0.287 e. The quantitative estimate of drug-likeness (QED) is 0.698. The van der Waals surface area contributed by atoms with Crippen LogP contribution in [0.1, 0.15) is 74.9 Å². The van der Waals surface area contributed by atoms with Crippen molar-refractivity contribution in [3.05, 3.63) is 46.2 Å². The lowest BCUT2D eigenvalue weighted by Gasteiger charge is -2.31. The minimum atomic E-state index is -0.187. The van der Waals surface area contributed by atoms with Crippen molar-refractivity contribution in [2.45, 2.75) is 53.0 Å². The third kappa shape index (κ3) is 4.50. The summed E-state index contributed by atoms with van der Waals surface area (Å²) in [6.45, 7) is 8.94. The zero-order chi connectivity index (χ0) is 21.1. The second-order valence-corrected chi connectivity index (χ2v) is 7.77. The molecule has 0 atom stereocenters. The Bertz CT molecular complexity index is 917. The van der Waals surface area contributed by atoms with Crippen molar-refractivity contribution >= 4 is 17.5 Å². The van der Waals surface area contributed by atoms with E-state index in [2.05, 4.69) is 15.2 Å². The molecular weight excluding hydrogens is 370 g/mol. The summed E-state index contributed by atoms with van der Waals surface area (Å²) in [4.78, 5) is 42.3. The largest absolute Gasteiger partial charge is 0.459 e. The topological polar surface area (TPSA) is 95.4 Å². The van der Waals surface area contributed by atoms with Gasteiger partial charge in [-0.15, -0.1) is 0 Å². The van der Waals surface area contributed by atoms with Gasteiger partial charge in [0.2, 0.25) is 0 Å². The number of ketones is 2. The molecule has 2 aromatic rings. The van der Waals surface area contributed by atoms with Gasteiger partial charge in [-0.3, -0.25) is 19.3 Å². The van der Waals surface area contributed by atoms with Crippen LogP contribution in [0, 0.1) is 13.8 Å². The van der Waals surface area contributed by atoms with Gasteiger partial charge in [-0.25, -0.2) is 0 Å². The SMILES string of the molecule is CCc1c(C(=O)CN2CCC(NC(=O)c3occc3C)CC2)[nH]c(C)c1C(C)=O. The zero-order valence-corrected chi connectivity index (χ0v) is 17.6.